The average molecular weight is 395 g/mol. The number of amides is 1. The molecule has 0 radical (unpaired) electrons. The fourth-order valence-electron chi connectivity index (χ4n) is 1.97. The maximum atomic E-state index is 11.8. The number of carbonyl (C=O) groups excluding carboxylic acids is 1. The summed E-state index contributed by atoms with van der Waals surface area (Å²) in [7, 11) is 0. The molecule has 2 rings (SSSR count). The molecule has 4 heteroatoms. The van der Waals surface area contributed by atoms with Crippen LogP contribution in [0.2, 0.25) is 0 Å². The van der Waals surface area contributed by atoms with Crippen molar-refractivity contribution < 1.29 is 9.53 Å². The number of alkyl carbamates (subject to hydrolysis) is 1. The van der Waals surface area contributed by atoms with E-state index in [9.17, 15) is 4.79 Å². The van der Waals surface area contributed by atoms with Gasteiger partial charge in [-0.25, -0.2) is 4.79 Å². The predicted octanol–water partition coefficient (Wildman–Crippen LogP) is 3.96. The van der Waals surface area contributed by atoms with E-state index < -0.39 is 0 Å². The van der Waals surface area contributed by atoms with Gasteiger partial charge in [0.2, 0.25) is 0 Å². The molecule has 0 heterocycles. The van der Waals surface area contributed by atoms with Gasteiger partial charge < -0.3 is 10.1 Å². The van der Waals surface area contributed by atoms with Crippen LogP contribution in [-0.2, 0) is 17.8 Å². The molecule has 1 atom stereocenters. The van der Waals surface area contributed by atoms with Gasteiger partial charge in [-0.1, -0.05) is 83.3 Å². The van der Waals surface area contributed by atoms with Crippen molar-refractivity contribution in [3.05, 3.63) is 71.8 Å². The molecular formula is C17H18INO2. The zero-order valence-electron chi connectivity index (χ0n) is 11.7. The van der Waals surface area contributed by atoms with Crippen LogP contribution in [0.25, 0.3) is 0 Å². The SMILES string of the molecule is O=C(NC(CI)Cc1ccccc1)OCc1ccccc1. The Hall–Kier alpha value is -1.56. The highest BCUT2D eigenvalue weighted by molar-refractivity contribution is 14.1. The average Bonchev–Trinajstić information content (AvgIpc) is 2.54. The molecule has 2 aromatic carbocycles. The standard InChI is InChI=1S/C17H18INO2/c18-12-16(11-14-7-3-1-4-8-14)19-17(20)21-13-15-9-5-2-6-10-15/h1-10,16H,11-13H2,(H,19,20). The number of carbonyl (C=O) groups is 1. The first-order chi connectivity index (χ1) is 10.3. The van der Waals surface area contributed by atoms with E-state index >= 15 is 0 Å². The lowest BCUT2D eigenvalue weighted by molar-refractivity contribution is 0.136. The van der Waals surface area contributed by atoms with E-state index in [2.05, 4.69) is 40.0 Å². The minimum Gasteiger partial charge on any atom is -0.445 e. The third kappa shape index (κ3) is 5.75. The largest absolute Gasteiger partial charge is 0.445 e. The lowest BCUT2D eigenvalue weighted by Gasteiger charge is -2.16. The molecule has 0 saturated carbocycles. The second kappa shape index (κ2) is 8.67. The van der Waals surface area contributed by atoms with E-state index in [1.807, 2.05) is 48.5 Å². The molecule has 0 fully saturated rings. The van der Waals surface area contributed by atoms with Gasteiger partial charge in [-0.2, -0.15) is 0 Å². The molecular weight excluding hydrogens is 377 g/mol. The number of hydrogen-bond donors (Lipinski definition) is 1. The van der Waals surface area contributed by atoms with Crippen molar-refractivity contribution >= 4 is 28.7 Å². The van der Waals surface area contributed by atoms with Crippen molar-refractivity contribution in [1.82, 2.24) is 5.32 Å². The van der Waals surface area contributed by atoms with Crippen LogP contribution in [0.4, 0.5) is 4.79 Å². The summed E-state index contributed by atoms with van der Waals surface area (Å²) in [5.74, 6) is 0. The molecule has 0 bridgehead atoms. The monoisotopic (exact) mass is 395 g/mol. The third-order valence-corrected chi connectivity index (χ3v) is 4.11. The number of nitrogens with one attached hydrogen (secondary N) is 1. The van der Waals surface area contributed by atoms with Crippen LogP contribution < -0.4 is 5.32 Å². The molecule has 110 valence electrons. The molecule has 3 nitrogen and oxygen atoms in total. The molecule has 0 aliphatic carbocycles. The Morgan fingerprint density at radius 3 is 2.14 bits per heavy atom. The first-order valence-electron chi connectivity index (χ1n) is 6.85. The summed E-state index contributed by atoms with van der Waals surface area (Å²) >= 11 is 2.28. The summed E-state index contributed by atoms with van der Waals surface area (Å²) in [5.41, 5.74) is 2.20. The molecule has 1 N–H and O–H groups in total. The number of ether oxygens (including phenoxy) is 1. The second-order valence-electron chi connectivity index (χ2n) is 4.75. The lowest BCUT2D eigenvalue weighted by atomic mass is 10.1. The van der Waals surface area contributed by atoms with Gasteiger partial charge in [-0.05, 0) is 17.5 Å². The fourth-order valence-corrected chi connectivity index (χ4v) is 2.51. The minimum absolute atomic E-state index is 0.0799. The summed E-state index contributed by atoms with van der Waals surface area (Å²) in [6.45, 7) is 0.298. The second-order valence-corrected chi connectivity index (χ2v) is 5.63. The quantitative estimate of drug-likeness (QED) is 0.594. The molecule has 21 heavy (non-hydrogen) atoms. The van der Waals surface area contributed by atoms with Gasteiger partial charge in [0.05, 0.1) is 0 Å². The third-order valence-electron chi connectivity index (χ3n) is 3.05. The van der Waals surface area contributed by atoms with E-state index in [1.165, 1.54) is 5.56 Å². The fraction of sp³-hybridized carbons (Fsp3) is 0.235. The Labute approximate surface area is 138 Å². The van der Waals surface area contributed by atoms with Gasteiger partial charge in [0.15, 0.2) is 0 Å². The van der Waals surface area contributed by atoms with Gasteiger partial charge in [0.1, 0.15) is 6.61 Å². The molecule has 0 spiro atoms. The zero-order valence-corrected chi connectivity index (χ0v) is 13.8. The molecule has 0 aromatic heterocycles. The maximum Gasteiger partial charge on any atom is 0.407 e. The van der Waals surface area contributed by atoms with E-state index in [0.29, 0.717) is 6.61 Å². The van der Waals surface area contributed by atoms with Crippen LogP contribution in [0, 0.1) is 0 Å². The van der Waals surface area contributed by atoms with Crippen molar-refractivity contribution in [1.29, 1.82) is 0 Å². The highest BCUT2D eigenvalue weighted by atomic mass is 127. The van der Waals surface area contributed by atoms with Gasteiger partial charge >= 0.3 is 6.09 Å². The van der Waals surface area contributed by atoms with Crippen LogP contribution in [0.15, 0.2) is 60.7 Å². The summed E-state index contributed by atoms with van der Waals surface area (Å²) in [6.07, 6.45) is 0.445. The number of halogens is 1. The predicted molar refractivity (Wildman–Crippen MR) is 92.6 cm³/mol. The highest BCUT2D eigenvalue weighted by Gasteiger charge is 2.12. The summed E-state index contributed by atoms with van der Waals surface area (Å²) in [6, 6.07) is 19.9. The van der Waals surface area contributed by atoms with Crippen molar-refractivity contribution in [3.8, 4) is 0 Å². The van der Waals surface area contributed by atoms with Crippen molar-refractivity contribution in [3.63, 3.8) is 0 Å². The van der Waals surface area contributed by atoms with Gasteiger partial charge in [-0.3, -0.25) is 0 Å². The minimum atomic E-state index is -0.364. The molecule has 0 aliphatic rings. The van der Waals surface area contributed by atoms with Gasteiger partial charge in [0, 0.05) is 10.5 Å². The smallest absolute Gasteiger partial charge is 0.407 e. The van der Waals surface area contributed by atoms with Crippen LogP contribution in [0.1, 0.15) is 11.1 Å². The summed E-state index contributed by atoms with van der Waals surface area (Å²) in [4.78, 5) is 11.8. The first kappa shape index (κ1) is 15.8. The Kier molecular flexibility index (Phi) is 6.53. The molecule has 0 aliphatic heterocycles. The number of benzene rings is 2. The van der Waals surface area contributed by atoms with E-state index in [1.54, 1.807) is 0 Å². The molecule has 0 saturated heterocycles. The Morgan fingerprint density at radius 1 is 1.00 bits per heavy atom. The highest BCUT2D eigenvalue weighted by Crippen LogP contribution is 2.06. The number of rotatable bonds is 6. The first-order valence-corrected chi connectivity index (χ1v) is 8.37. The Morgan fingerprint density at radius 2 is 1.57 bits per heavy atom. The molecule has 2 aromatic rings. The van der Waals surface area contributed by atoms with E-state index in [-0.39, 0.29) is 12.1 Å². The zero-order chi connectivity index (χ0) is 14.9. The molecule has 1 amide bonds. The van der Waals surface area contributed by atoms with Crippen LogP contribution in [-0.4, -0.2) is 16.6 Å². The molecule has 1 unspecified atom stereocenters. The van der Waals surface area contributed by atoms with Crippen LogP contribution in [0.5, 0.6) is 0 Å². The van der Waals surface area contributed by atoms with E-state index in [0.717, 1.165) is 16.4 Å². The summed E-state index contributed by atoms with van der Waals surface area (Å²) in [5, 5.41) is 2.92. The van der Waals surface area contributed by atoms with Crippen LogP contribution in [0.3, 0.4) is 0 Å². The number of hydrogen-bond acceptors (Lipinski definition) is 2. The van der Waals surface area contributed by atoms with E-state index in [4.69, 9.17) is 4.74 Å². The Balaban J connectivity index is 1.80. The summed E-state index contributed by atoms with van der Waals surface area (Å²) < 4.78 is 6.09. The maximum absolute atomic E-state index is 11.8. The van der Waals surface area contributed by atoms with Gasteiger partial charge in [0.25, 0.3) is 0 Å². The lowest BCUT2D eigenvalue weighted by Crippen LogP contribution is -2.37. The van der Waals surface area contributed by atoms with Crippen LogP contribution >= 0.6 is 22.6 Å². The topological polar surface area (TPSA) is 38.3 Å². The van der Waals surface area contributed by atoms with Crippen molar-refractivity contribution in [2.75, 3.05) is 4.43 Å². The van der Waals surface area contributed by atoms with Crippen molar-refractivity contribution in [2.45, 2.75) is 19.1 Å². The van der Waals surface area contributed by atoms with Crippen molar-refractivity contribution in [2.24, 2.45) is 0 Å². The normalized spacial score (nSPS) is 11.7. The van der Waals surface area contributed by atoms with Gasteiger partial charge in [-0.15, -0.1) is 0 Å². The number of alkyl halides is 1. The Bertz CT molecular complexity index is 545.